The Hall–Kier alpha value is -2.89. The summed E-state index contributed by atoms with van der Waals surface area (Å²) in [5.74, 6) is -0.664. The Bertz CT molecular complexity index is 629. The lowest BCUT2D eigenvalue weighted by molar-refractivity contribution is -0.115. The molecule has 0 saturated carbocycles. The van der Waals surface area contributed by atoms with Crippen LogP contribution in [0.2, 0.25) is 0 Å². The zero-order valence-corrected chi connectivity index (χ0v) is 11.4. The van der Waals surface area contributed by atoms with E-state index in [2.05, 4.69) is 15.6 Å². The molecule has 6 nitrogen and oxygen atoms in total. The van der Waals surface area contributed by atoms with Crippen LogP contribution in [0.3, 0.4) is 0 Å². The van der Waals surface area contributed by atoms with Crippen molar-refractivity contribution in [1.29, 1.82) is 0 Å². The summed E-state index contributed by atoms with van der Waals surface area (Å²) in [6, 6.07) is 10.9. The van der Waals surface area contributed by atoms with Crippen LogP contribution in [-0.2, 0) is 4.79 Å². The fraction of sp³-hybridized carbons (Fsp3) is 0.133. The summed E-state index contributed by atoms with van der Waals surface area (Å²) >= 11 is 0. The quantitative estimate of drug-likeness (QED) is 0.751. The minimum absolute atomic E-state index is 0.108. The highest BCUT2D eigenvalue weighted by atomic mass is 16.2. The second-order valence-electron chi connectivity index (χ2n) is 4.38. The maximum atomic E-state index is 11.8. The van der Waals surface area contributed by atoms with Crippen molar-refractivity contribution < 1.29 is 9.59 Å². The third kappa shape index (κ3) is 4.31. The Balaban J connectivity index is 1.84. The van der Waals surface area contributed by atoms with Gasteiger partial charge in [0.05, 0.1) is 11.3 Å². The third-order valence-corrected chi connectivity index (χ3v) is 2.81. The number of benzene rings is 1. The average Bonchev–Trinajstić information content (AvgIpc) is 2.48. The van der Waals surface area contributed by atoms with Crippen LogP contribution < -0.4 is 16.4 Å². The number of nitrogens with zero attached hydrogens (tertiary/aromatic N) is 1. The third-order valence-electron chi connectivity index (χ3n) is 2.81. The topological polar surface area (TPSA) is 97.1 Å². The van der Waals surface area contributed by atoms with E-state index in [0.29, 0.717) is 17.8 Å². The lowest BCUT2D eigenvalue weighted by Crippen LogP contribution is -2.18. The van der Waals surface area contributed by atoms with Crippen molar-refractivity contribution in [3.8, 4) is 0 Å². The number of aromatic nitrogens is 1. The van der Waals surface area contributed by atoms with Gasteiger partial charge in [0.15, 0.2) is 0 Å². The zero-order valence-electron chi connectivity index (χ0n) is 11.4. The van der Waals surface area contributed by atoms with Gasteiger partial charge < -0.3 is 16.4 Å². The van der Waals surface area contributed by atoms with Crippen molar-refractivity contribution in [1.82, 2.24) is 4.98 Å². The van der Waals surface area contributed by atoms with Gasteiger partial charge in [-0.15, -0.1) is 0 Å². The normalized spacial score (nSPS) is 9.90. The minimum Gasteiger partial charge on any atom is -0.384 e. The molecule has 0 spiro atoms. The van der Waals surface area contributed by atoms with Gasteiger partial charge in [0, 0.05) is 31.0 Å². The van der Waals surface area contributed by atoms with E-state index < -0.39 is 5.91 Å². The molecule has 4 N–H and O–H groups in total. The van der Waals surface area contributed by atoms with Crippen LogP contribution in [0.15, 0.2) is 48.8 Å². The van der Waals surface area contributed by atoms with Crippen LogP contribution in [-0.4, -0.2) is 23.3 Å². The Morgan fingerprint density at radius 2 is 1.90 bits per heavy atom. The number of nitrogens with two attached hydrogens (primary N) is 1. The summed E-state index contributed by atoms with van der Waals surface area (Å²) in [7, 11) is 0. The predicted molar refractivity (Wildman–Crippen MR) is 80.9 cm³/mol. The van der Waals surface area contributed by atoms with Gasteiger partial charge in [0.1, 0.15) is 0 Å². The largest absolute Gasteiger partial charge is 0.384 e. The van der Waals surface area contributed by atoms with Gasteiger partial charge in [-0.05, 0) is 18.2 Å². The zero-order chi connectivity index (χ0) is 15.1. The highest BCUT2D eigenvalue weighted by molar-refractivity contribution is 5.98. The lowest BCUT2D eigenvalue weighted by Gasteiger charge is -2.09. The molecule has 21 heavy (non-hydrogen) atoms. The second kappa shape index (κ2) is 7.04. The Morgan fingerprint density at radius 1 is 1.14 bits per heavy atom. The van der Waals surface area contributed by atoms with Crippen molar-refractivity contribution in [2.75, 3.05) is 17.2 Å². The number of carbonyl (C=O) groups is 2. The van der Waals surface area contributed by atoms with E-state index in [9.17, 15) is 9.59 Å². The Kier molecular flexibility index (Phi) is 4.87. The number of nitrogens with one attached hydrogen (secondary N) is 2. The number of primary amides is 1. The van der Waals surface area contributed by atoms with E-state index in [1.165, 1.54) is 6.20 Å². The van der Waals surface area contributed by atoms with Crippen LogP contribution in [0.5, 0.6) is 0 Å². The summed E-state index contributed by atoms with van der Waals surface area (Å²) in [5.41, 5.74) is 6.88. The fourth-order valence-electron chi connectivity index (χ4n) is 1.80. The number of carbonyl (C=O) groups excluding carboxylic acids is 2. The first kappa shape index (κ1) is 14.5. The molecule has 2 rings (SSSR count). The van der Waals surface area contributed by atoms with Crippen molar-refractivity contribution in [2.24, 2.45) is 5.73 Å². The van der Waals surface area contributed by atoms with Gasteiger partial charge >= 0.3 is 0 Å². The summed E-state index contributed by atoms with van der Waals surface area (Å²) in [5, 5.41) is 5.79. The molecular formula is C15H16N4O2. The first-order valence-corrected chi connectivity index (χ1v) is 6.49. The van der Waals surface area contributed by atoms with Crippen molar-refractivity contribution in [2.45, 2.75) is 6.42 Å². The second-order valence-corrected chi connectivity index (χ2v) is 4.38. The molecular weight excluding hydrogens is 268 g/mol. The molecule has 2 amide bonds. The van der Waals surface area contributed by atoms with Gasteiger partial charge in [0.25, 0.3) is 5.91 Å². The van der Waals surface area contributed by atoms with Crippen molar-refractivity contribution in [3.63, 3.8) is 0 Å². The number of pyridine rings is 1. The minimum atomic E-state index is -0.556. The summed E-state index contributed by atoms with van der Waals surface area (Å²) in [6.45, 7) is 0.392. The SMILES string of the molecule is NC(=O)c1cnccc1NCCC(=O)Nc1ccccc1. The van der Waals surface area contributed by atoms with E-state index in [1.54, 1.807) is 12.3 Å². The van der Waals surface area contributed by atoms with E-state index in [0.717, 1.165) is 5.69 Å². The standard InChI is InChI=1S/C15H16N4O2/c16-15(21)12-10-17-8-6-13(12)18-9-7-14(20)19-11-4-2-1-3-5-11/h1-6,8,10H,7,9H2,(H2,16,21)(H,17,18)(H,19,20). The van der Waals surface area contributed by atoms with Crippen LogP contribution in [0.1, 0.15) is 16.8 Å². The number of anilines is 2. The molecule has 0 radical (unpaired) electrons. The number of hydrogen-bond donors (Lipinski definition) is 3. The van der Waals surface area contributed by atoms with Gasteiger partial charge in [-0.2, -0.15) is 0 Å². The van der Waals surface area contributed by atoms with E-state index in [4.69, 9.17) is 5.73 Å². The molecule has 0 unspecified atom stereocenters. The van der Waals surface area contributed by atoms with Crippen molar-refractivity contribution >= 4 is 23.2 Å². The van der Waals surface area contributed by atoms with Crippen molar-refractivity contribution in [3.05, 3.63) is 54.4 Å². The van der Waals surface area contributed by atoms with E-state index >= 15 is 0 Å². The molecule has 2 aromatic rings. The maximum Gasteiger partial charge on any atom is 0.252 e. The molecule has 0 aliphatic heterocycles. The molecule has 108 valence electrons. The first-order valence-electron chi connectivity index (χ1n) is 6.49. The highest BCUT2D eigenvalue weighted by Gasteiger charge is 2.08. The van der Waals surface area contributed by atoms with E-state index in [-0.39, 0.29) is 12.3 Å². The molecule has 1 aromatic heterocycles. The lowest BCUT2D eigenvalue weighted by atomic mass is 10.2. The summed E-state index contributed by atoms with van der Waals surface area (Å²) < 4.78 is 0. The van der Waals surface area contributed by atoms with Crippen LogP contribution in [0.25, 0.3) is 0 Å². The number of hydrogen-bond acceptors (Lipinski definition) is 4. The highest BCUT2D eigenvalue weighted by Crippen LogP contribution is 2.12. The van der Waals surface area contributed by atoms with Gasteiger partial charge in [0.2, 0.25) is 5.91 Å². The monoisotopic (exact) mass is 284 g/mol. The molecule has 0 aliphatic carbocycles. The van der Waals surface area contributed by atoms with Gasteiger partial charge in [-0.3, -0.25) is 14.6 Å². The smallest absolute Gasteiger partial charge is 0.252 e. The molecule has 1 aromatic carbocycles. The van der Waals surface area contributed by atoms with Gasteiger partial charge in [-0.1, -0.05) is 18.2 Å². The molecule has 1 heterocycles. The number of amides is 2. The molecule has 0 atom stereocenters. The molecule has 0 aliphatic rings. The summed E-state index contributed by atoms with van der Waals surface area (Å²) in [6.07, 6.45) is 3.23. The maximum absolute atomic E-state index is 11.8. The van der Waals surface area contributed by atoms with Gasteiger partial charge in [-0.25, -0.2) is 0 Å². The molecule has 0 saturated heterocycles. The average molecular weight is 284 g/mol. The Labute approximate surface area is 122 Å². The first-order chi connectivity index (χ1) is 10.2. The fourth-order valence-corrected chi connectivity index (χ4v) is 1.80. The summed E-state index contributed by atoms with van der Waals surface area (Å²) in [4.78, 5) is 26.8. The molecule has 0 fully saturated rings. The molecule has 0 bridgehead atoms. The predicted octanol–water partition coefficient (Wildman–Crippen LogP) is 1.62. The molecule has 6 heteroatoms. The number of para-hydroxylation sites is 1. The van der Waals surface area contributed by atoms with Crippen LogP contribution in [0.4, 0.5) is 11.4 Å². The number of rotatable bonds is 6. The van der Waals surface area contributed by atoms with E-state index in [1.807, 2.05) is 30.3 Å². The van der Waals surface area contributed by atoms with Crippen LogP contribution in [0, 0.1) is 0 Å². The Morgan fingerprint density at radius 3 is 2.62 bits per heavy atom. The van der Waals surface area contributed by atoms with Crippen LogP contribution >= 0.6 is 0 Å².